The summed E-state index contributed by atoms with van der Waals surface area (Å²) in [6.07, 6.45) is 0. The molecule has 0 unspecified atom stereocenters. The summed E-state index contributed by atoms with van der Waals surface area (Å²) in [5.41, 5.74) is 10.0. The first kappa shape index (κ1) is 14.1. The summed E-state index contributed by atoms with van der Waals surface area (Å²) in [4.78, 5) is 0. The van der Waals surface area contributed by atoms with E-state index < -0.39 is 0 Å². The van der Waals surface area contributed by atoms with Crippen molar-refractivity contribution in [3.8, 4) is 5.75 Å². The number of aryl methyl sites for hydroxylation is 1. The highest BCUT2D eigenvalue weighted by Gasteiger charge is 2.10. The standard InChI is InChI=1S/C14H18BrN3O/c1-9-14(15)10(2)18(17-9)8-11-4-5-13(19-3)12(6-11)7-16/h4-6H,7-8,16H2,1-3H3. The molecule has 0 saturated heterocycles. The van der Waals surface area contributed by atoms with E-state index in [4.69, 9.17) is 10.5 Å². The number of hydrogen-bond donors (Lipinski definition) is 1. The Hall–Kier alpha value is -1.33. The van der Waals surface area contributed by atoms with Crippen molar-refractivity contribution >= 4 is 15.9 Å². The molecule has 1 aromatic carbocycles. The molecule has 0 radical (unpaired) electrons. The molecule has 0 aliphatic carbocycles. The monoisotopic (exact) mass is 323 g/mol. The van der Waals surface area contributed by atoms with Crippen LogP contribution in [0.4, 0.5) is 0 Å². The Labute approximate surface area is 121 Å². The van der Waals surface area contributed by atoms with Crippen LogP contribution < -0.4 is 10.5 Å². The van der Waals surface area contributed by atoms with Crippen LogP contribution in [0.5, 0.6) is 5.75 Å². The Morgan fingerprint density at radius 2 is 2.11 bits per heavy atom. The number of aromatic nitrogens is 2. The first-order valence-electron chi connectivity index (χ1n) is 6.12. The minimum absolute atomic E-state index is 0.470. The van der Waals surface area contributed by atoms with Gasteiger partial charge in [0.15, 0.2) is 0 Å². The molecule has 0 bridgehead atoms. The maximum atomic E-state index is 5.74. The van der Waals surface area contributed by atoms with Gasteiger partial charge in [0.2, 0.25) is 0 Å². The normalized spacial score (nSPS) is 10.8. The number of halogens is 1. The number of nitrogens with zero attached hydrogens (tertiary/aromatic N) is 2. The van der Waals surface area contributed by atoms with Crippen LogP contribution in [0.15, 0.2) is 22.7 Å². The molecule has 0 aliphatic heterocycles. The Balaban J connectivity index is 2.30. The molecule has 2 rings (SSSR count). The number of rotatable bonds is 4. The smallest absolute Gasteiger partial charge is 0.123 e. The second-order valence-electron chi connectivity index (χ2n) is 4.49. The number of hydrogen-bond acceptors (Lipinski definition) is 3. The maximum absolute atomic E-state index is 5.74. The third-order valence-electron chi connectivity index (χ3n) is 3.19. The molecule has 2 aromatic rings. The lowest BCUT2D eigenvalue weighted by molar-refractivity contribution is 0.409. The van der Waals surface area contributed by atoms with E-state index in [1.807, 2.05) is 23.7 Å². The zero-order chi connectivity index (χ0) is 14.0. The third kappa shape index (κ3) is 2.82. The zero-order valence-corrected chi connectivity index (χ0v) is 13.0. The second kappa shape index (κ2) is 5.75. The van der Waals surface area contributed by atoms with Crippen molar-refractivity contribution in [2.75, 3.05) is 7.11 Å². The van der Waals surface area contributed by atoms with Crippen LogP contribution in [0, 0.1) is 13.8 Å². The topological polar surface area (TPSA) is 53.1 Å². The SMILES string of the molecule is COc1ccc(Cn2nc(C)c(Br)c2C)cc1CN. The van der Waals surface area contributed by atoms with Crippen LogP contribution in [0.3, 0.4) is 0 Å². The van der Waals surface area contributed by atoms with Gasteiger partial charge in [0.1, 0.15) is 5.75 Å². The molecule has 1 aromatic heterocycles. The molecule has 0 aliphatic rings. The van der Waals surface area contributed by atoms with Crippen molar-refractivity contribution < 1.29 is 4.74 Å². The van der Waals surface area contributed by atoms with Gasteiger partial charge in [-0.1, -0.05) is 6.07 Å². The minimum atomic E-state index is 0.470. The highest BCUT2D eigenvalue weighted by Crippen LogP contribution is 2.23. The summed E-state index contributed by atoms with van der Waals surface area (Å²) in [5.74, 6) is 0.834. The quantitative estimate of drug-likeness (QED) is 0.941. The molecule has 102 valence electrons. The molecule has 0 spiro atoms. The number of benzene rings is 1. The van der Waals surface area contributed by atoms with Crippen molar-refractivity contribution in [3.63, 3.8) is 0 Å². The largest absolute Gasteiger partial charge is 0.496 e. The van der Waals surface area contributed by atoms with E-state index in [0.717, 1.165) is 33.7 Å². The highest BCUT2D eigenvalue weighted by atomic mass is 79.9. The molecule has 4 nitrogen and oxygen atoms in total. The van der Waals surface area contributed by atoms with E-state index in [1.54, 1.807) is 7.11 Å². The molecule has 19 heavy (non-hydrogen) atoms. The molecule has 0 saturated carbocycles. The predicted molar refractivity (Wildman–Crippen MR) is 79.4 cm³/mol. The van der Waals surface area contributed by atoms with Crippen LogP contribution in [-0.4, -0.2) is 16.9 Å². The van der Waals surface area contributed by atoms with Crippen molar-refractivity contribution in [2.45, 2.75) is 26.9 Å². The Bertz CT molecular complexity index is 593. The van der Waals surface area contributed by atoms with E-state index in [2.05, 4.69) is 34.0 Å². The van der Waals surface area contributed by atoms with Gasteiger partial charge in [0.05, 0.1) is 29.5 Å². The molecule has 1 heterocycles. The van der Waals surface area contributed by atoms with Gasteiger partial charge in [0, 0.05) is 12.1 Å². The van der Waals surface area contributed by atoms with Crippen LogP contribution in [0.25, 0.3) is 0 Å². The van der Waals surface area contributed by atoms with Gasteiger partial charge in [-0.05, 0) is 47.5 Å². The molecular weight excluding hydrogens is 306 g/mol. The van der Waals surface area contributed by atoms with Crippen molar-refractivity contribution in [1.29, 1.82) is 0 Å². The minimum Gasteiger partial charge on any atom is -0.496 e. The van der Waals surface area contributed by atoms with Gasteiger partial charge in [-0.3, -0.25) is 4.68 Å². The predicted octanol–water partition coefficient (Wildman–Crippen LogP) is 2.78. The average Bonchev–Trinajstić information content (AvgIpc) is 2.66. The van der Waals surface area contributed by atoms with Crippen LogP contribution >= 0.6 is 15.9 Å². The number of methoxy groups -OCH3 is 1. The van der Waals surface area contributed by atoms with Gasteiger partial charge < -0.3 is 10.5 Å². The third-order valence-corrected chi connectivity index (χ3v) is 4.34. The van der Waals surface area contributed by atoms with Gasteiger partial charge in [-0.25, -0.2) is 0 Å². The number of ether oxygens (including phenoxy) is 1. The molecule has 5 heteroatoms. The van der Waals surface area contributed by atoms with E-state index >= 15 is 0 Å². The zero-order valence-electron chi connectivity index (χ0n) is 11.4. The summed E-state index contributed by atoms with van der Waals surface area (Å²) in [5, 5.41) is 4.51. The summed E-state index contributed by atoms with van der Waals surface area (Å²) >= 11 is 3.54. The van der Waals surface area contributed by atoms with E-state index in [-0.39, 0.29) is 0 Å². The summed E-state index contributed by atoms with van der Waals surface area (Å²) < 4.78 is 8.34. The Morgan fingerprint density at radius 3 is 2.63 bits per heavy atom. The lowest BCUT2D eigenvalue weighted by Crippen LogP contribution is -2.06. The Kier molecular flexibility index (Phi) is 4.27. The average molecular weight is 324 g/mol. The fourth-order valence-electron chi connectivity index (χ4n) is 2.09. The Morgan fingerprint density at radius 1 is 1.37 bits per heavy atom. The van der Waals surface area contributed by atoms with E-state index in [1.165, 1.54) is 5.56 Å². The lowest BCUT2D eigenvalue weighted by Gasteiger charge is -2.10. The number of nitrogens with two attached hydrogens (primary N) is 1. The van der Waals surface area contributed by atoms with E-state index in [0.29, 0.717) is 6.54 Å². The molecular formula is C14H18BrN3O. The molecule has 0 amide bonds. The lowest BCUT2D eigenvalue weighted by atomic mass is 10.1. The fraction of sp³-hybridized carbons (Fsp3) is 0.357. The van der Waals surface area contributed by atoms with Crippen LogP contribution in [0.1, 0.15) is 22.5 Å². The van der Waals surface area contributed by atoms with Crippen LogP contribution in [-0.2, 0) is 13.1 Å². The summed E-state index contributed by atoms with van der Waals surface area (Å²) in [6.45, 7) is 5.25. The van der Waals surface area contributed by atoms with Gasteiger partial charge >= 0.3 is 0 Å². The van der Waals surface area contributed by atoms with Gasteiger partial charge in [0.25, 0.3) is 0 Å². The molecule has 0 fully saturated rings. The van der Waals surface area contributed by atoms with Crippen molar-refractivity contribution in [1.82, 2.24) is 9.78 Å². The second-order valence-corrected chi connectivity index (χ2v) is 5.29. The first-order valence-corrected chi connectivity index (χ1v) is 6.91. The van der Waals surface area contributed by atoms with Gasteiger partial charge in [-0.15, -0.1) is 0 Å². The van der Waals surface area contributed by atoms with Crippen molar-refractivity contribution in [3.05, 3.63) is 45.2 Å². The molecule has 0 atom stereocenters. The van der Waals surface area contributed by atoms with Crippen LogP contribution in [0.2, 0.25) is 0 Å². The van der Waals surface area contributed by atoms with Crippen molar-refractivity contribution in [2.24, 2.45) is 5.73 Å². The fourth-order valence-corrected chi connectivity index (χ4v) is 2.38. The van der Waals surface area contributed by atoms with Gasteiger partial charge in [-0.2, -0.15) is 5.10 Å². The highest BCUT2D eigenvalue weighted by molar-refractivity contribution is 9.10. The summed E-state index contributed by atoms with van der Waals surface area (Å²) in [6, 6.07) is 6.07. The first-order chi connectivity index (χ1) is 9.06. The molecule has 2 N–H and O–H groups in total. The maximum Gasteiger partial charge on any atom is 0.123 e. The van der Waals surface area contributed by atoms with E-state index in [9.17, 15) is 0 Å². The summed E-state index contributed by atoms with van der Waals surface area (Å²) in [7, 11) is 1.66.